The van der Waals surface area contributed by atoms with Crippen LogP contribution in [0.5, 0.6) is 0 Å². The molecule has 0 radical (unpaired) electrons. The van der Waals surface area contributed by atoms with Gasteiger partial charge in [-0.1, -0.05) is 0 Å². The predicted molar refractivity (Wildman–Crippen MR) is 75.7 cm³/mol. The lowest BCUT2D eigenvalue weighted by Crippen LogP contribution is -2.29. The number of benzene rings is 1. The van der Waals surface area contributed by atoms with Crippen molar-refractivity contribution >= 4 is 33.2 Å². The van der Waals surface area contributed by atoms with Gasteiger partial charge < -0.3 is 5.73 Å². The third-order valence-corrected chi connectivity index (χ3v) is 5.01. The van der Waals surface area contributed by atoms with E-state index in [2.05, 4.69) is 0 Å². The first-order valence-corrected chi connectivity index (χ1v) is 8.13. The number of hydrogen-bond acceptors (Lipinski definition) is 6. The van der Waals surface area contributed by atoms with Crippen molar-refractivity contribution in [3.63, 3.8) is 0 Å². The molecule has 106 valence electrons. The van der Waals surface area contributed by atoms with Crippen LogP contribution >= 0.6 is 11.8 Å². The molecule has 19 heavy (non-hydrogen) atoms. The highest BCUT2D eigenvalue weighted by molar-refractivity contribution is 7.98. The third kappa shape index (κ3) is 3.58. The van der Waals surface area contributed by atoms with Crippen molar-refractivity contribution in [3.05, 3.63) is 28.3 Å². The van der Waals surface area contributed by atoms with Crippen molar-refractivity contribution in [1.82, 2.24) is 4.31 Å². The van der Waals surface area contributed by atoms with E-state index in [0.717, 1.165) is 10.4 Å². The summed E-state index contributed by atoms with van der Waals surface area (Å²) in [6, 6.07) is 3.39. The smallest absolute Gasteiger partial charge is 0.270 e. The van der Waals surface area contributed by atoms with Gasteiger partial charge in [0.2, 0.25) is 10.0 Å². The van der Waals surface area contributed by atoms with E-state index in [-0.39, 0.29) is 16.3 Å². The van der Waals surface area contributed by atoms with Crippen molar-refractivity contribution in [2.24, 2.45) is 0 Å². The number of nitro groups is 1. The summed E-state index contributed by atoms with van der Waals surface area (Å²) in [5, 5.41) is 10.7. The maximum atomic E-state index is 12.2. The van der Waals surface area contributed by atoms with Crippen molar-refractivity contribution in [1.29, 1.82) is 0 Å². The standard InChI is InChI=1S/C10H15N3O4S2/c1-12(5-6-18-2)19(16,17)10-7-8(13(14)15)3-4-9(10)11/h3-4,7H,5-6,11H2,1-2H3. The molecule has 0 spiro atoms. The second kappa shape index (κ2) is 6.22. The van der Waals surface area contributed by atoms with Crippen molar-refractivity contribution in [3.8, 4) is 0 Å². The molecule has 0 heterocycles. The van der Waals surface area contributed by atoms with Gasteiger partial charge in [0, 0.05) is 31.5 Å². The van der Waals surface area contributed by atoms with Crippen LogP contribution in [-0.4, -0.2) is 43.2 Å². The Morgan fingerprint density at radius 3 is 2.63 bits per heavy atom. The van der Waals surface area contributed by atoms with Gasteiger partial charge in [0.1, 0.15) is 4.90 Å². The summed E-state index contributed by atoms with van der Waals surface area (Å²) in [7, 11) is -2.39. The minimum absolute atomic E-state index is 0.00148. The minimum Gasteiger partial charge on any atom is -0.398 e. The Labute approximate surface area is 116 Å². The third-order valence-electron chi connectivity index (χ3n) is 2.51. The van der Waals surface area contributed by atoms with Gasteiger partial charge in [-0.2, -0.15) is 11.8 Å². The zero-order valence-corrected chi connectivity index (χ0v) is 12.2. The number of hydrogen-bond donors (Lipinski definition) is 1. The molecule has 0 saturated carbocycles. The second-order valence-electron chi connectivity index (χ2n) is 3.80. The van der Waals surface area contributed by atoms with Crippen LogP contribution in [0.4, 0.5) is 11.4 Å². The summed E-state index contributed by atoms with van der Waals surface area (Å²) in [6.45, 7) is 0.311. The number of nitro benzene ring substituents is 1. The van der Waals surface area contributed by atoms with E-state index in [1.807, 2.05) is 6.26 Å². The van der Waals surface area contributed by atoms with Gasteiger partial charge in [0.05, 0.1) is 10.6 Å². The lowest BCUT2D eigenvalue weighted by molar-refractivity contribution is -0.385. The van der Waals surface area contributed by atoms with Gasteiger partial charge in [-0.15, -0.1) is 0 Å². The quantitative estimate of drug-likeness (QED) is 0.480. The summed E-state index contributed by atoms with van der Waals surface area (Å²) in [5.74, 6) is 0.630. The van der Waals surface area contributed by atoms with E-state index in [4.69, 9.17) is 5.73 Å². The van der Waals surface area contributed by atoms with Gasteiger partial charge in [0.15, 0.2) is 0 Å². The molecule has 1 rings (SSSR count). The summed E-state index contributed by atoms with van der Waals surface area (Å²) in [5.41, 5.74) is 5.31. The van der Waals surface area contributed by atoms with Crippen LogP contribution < -0.4 is 5.73 Å². The fourth-order valence-electron chi connectivity index (χ4n) is 1.37. The highest BCUT2D eigenvalue weighted by Gasteiger charge is 2.25. The number of nitrogen functional groups attached to an aromatic ring is 1. The average molecular weight is 305 g/mol. The van der Waals surface area contributed by atoms with Crippen LogP contribution in [0.25, 0.3) is 0 Å². The molecule has 0 amide bonds. The lowest BCUT2D eigenvalue weighted by Gasteiger charge is -2.17. The molecule has 1 aromatic carbocycles. The van der Waals surface area contributed by atoms with E-state index in [1.54, 1.807) is 0 Å². The topological polar surface area (TPSA) is 107 Å². The molecule has 0 aliphatic carbocycles. The molecule has 7 nitrogen and oxygen atoms in total. The number of thioether (sulfide) groups is 1. The average Bonchev–Trinajstić information content (AvgIpc) is 2.35. The Bertz CT molecular complexity index is 574. The van der Waals surface area contributed by atoms with Crippen LogP contribution in [0.2, 0.25) is 0 Å². The van der Waals surface area contributed by atoms with Gasteiger partial charge in [0.25, 0.3) is 5.69 Å². The number of nitrogens with zero attached hydrogens (tertiary/aromatic N) is 2. The maximum absolute atomic E-state index is 12.2. The molecule has 0 unspecified atom stereocenters. The molecule has 0 aromatic heterocycles. The fourth-order valence-corrected chi connectivity index (χ4v) is 3.24. The molecule has 0 aliphatic rings. The molecule has 0 bridgehead atoms. The zero-order chi connectivity index (χ0) is 14.6. The second-order valence-corrected chi connectivity index (χ2v) is 6.80. The first kappa shape index (κ1) is 15.7. The number of sulfonamides is 1. The van der Waals surface area contributed by atoms with Gasteiger partial charge in [-0.25, -0.2) is 12.7 Å². The molecule has 0 saturated heterocycles. The molecule has 0 atom stereocenters. The SMILES string of the molecule is CSCCN(C)S(=O)(=O)c1cc([N+](=O)[O-])ccc1N. The maximum Gasteiger partial charge on any atom is 0.270 e. The van der Waals surface area contributed by atoms with Crippen LogP contribution in [0.1, 0.15) is 0 Å². The number of rotatable bonds is 6. The minimum atomic E-state index is -3.81. The number of anilines is 1. The van der Waals surface area contributed by atoms with Crippen LogP contribution in [0, 0.1) is 10.1 Å². The van der Waals surface area contributed by atoms with Crippen molar-refractivity contribution in [2.75, 3.05) is 31.3 Å². The van der Waals surface area contributed by atoms with E-state index in [0.29, 0.717) is 12.3 Å². The Balaban J connectivity index is 3.20. The van der Waals surface area contributed by atoms with Crippen LogP contribution in [0.3, 0.4) is 0 Å². The zero-order valence-electron chi connectivity index (χ0n) is 10.6. The summed E-state index contributed by atoms with van der Waals surface area (Å²) in [4.78, 5) is 9.80. The highest BCUT2D eigenvalue weighted by Crippen LogP contribution is 2.26. The lowest BCUT2D eigenvalue weighted by atomic mass is 10.3. The van der Waals surface area contributed by atoms with E-state index < -0.39 is 14.9 Å². The molecular weight excluding hydrogens is 290 g/mol. The van der Waals surface area contributed by atoms with Gasteiger partial charge >= 0.3 is 0 Å². The molecule has 1 aromatic rings. The summed E-state index contributed by atoms with van der Waals surface area (Å²) < 4.78 is 25.6. The normalized spacial score (nSPS) is 11.7. The monoisotopic (exact) mass is 305 g/mol. The van der Waals surface area contributed by atoms with E-state index in [9.17, 15) is 18.5 Å². The fraction of sp³-hybridized carbons (Fsp3) is 0.400. The molecule has 0 fully saturated rings. The Morgan fingerprint density at radius 1 is 1.47 bits per heavy atom. The molecular formula is C10H15N3O4S2. The first-order valence-electron chi connectivity index (χ1n) is 5.30. The first-order chi connectivity index (χ1) is 8.80. The Kier molecular flexibility index (Phi) is 5.15. The van der Waals surface area contributed by atoms with E-state index >= 15 is 0 Å². The number of non-ortho nitro benzene ring substituents is 1. The molecule has 0 aliphatic heterocycles. The van der Waals surface area contributed by atoms with Crippen LogP contribution in [-0.2, 0) is 10.0 Å². The van der Waals surface area contributed by atoms with Gasteiger partial charge in [-0.3, -0.25) is 10.1 Å². The van der Waals surface area contributed by atoms with Crippen LogP contribution in [0.15, 0.2) is 23.1 Å². The summed E-state index contributed by atoms with van der Waals surface area (Å²) >= 11 is 1.51. The largest absolute Gasteiger partial charge is 0.398 e. The predicted octanol–water partition coefficient (Wildman–Crippen LogP) is 1.16. The highest BCUT2D eigenvalue weighted by atomic mass is 32.2. The Morgan fingerprint density at radius 2 is 2.11 bits per heavy atom. The summed E-state index contributed by atoms with van der Waals surface area (Å²) in [6.07, 6.45) is 1.86. The van der Waals surface area contributed by atoms with Crippen molar-refractivity contribution in [2.45, 2.75) is 4.90 Å². The molecule has 2 N–H and O–H groups in total. The number of nitrogens with two attached hydrogens (primary N) is 1. The van der Waals surface area contributed by atoms with Gasteiger partial charge in [-0.05, 0) is 12.3 Å². The van der Waals surface area contributed by atoms with Crippen molar-refractivity contribution < 1.29 is 13.3 Å². The van der Waals surface area contributed by atoms with E-state index in [1.165, 1.54) is 30.9 Å². The molecule has 9 heteroatoms. The Hall–Kier alpha value is -1.32.